The van der Waals surface area contributed by atoms with Crippen molar-refractivity contribution in [3.8, 4) is 0 Å². The molecule has 1 aromatic rings. The van der Waals surface area contributed by atoms with Crippen LogP contribution in [-0.2, 0) is 11.2 Å². The van der Waals surface area contributed by atoms with Gasteiger partial charge in [0, 0.05) is 15.3 Å². The Kier molecular flexibility index (Phi) is 2.96. The highest BCUT2D eigenvalue weighted by molar-refractivity contribution is 14.1. The Morgan fingerprint density at radius 2 is 2.42 bits per heavy atom. The van der Waals surface area contributed by atoms with E-state index in [9.17, 15) is 9.18 Å². The van der Waals surface area contributed by atoms with Crippen LogP contribution in [0.25, 0.3) is 0 Å². The smallest absolute Gasteiger partial charge is 0.308 e. The first-order valence-electron chi connectivity index (χ1n) is 3.12. The van der Waals surface area contributed by atoms with E-state index in [4.69, 9.17) is 5.11 Å². The molecular formula is C7H5FINO2. The highest BCUT2D eigenvalue weighted by Crippen LogP contribution is 2.14. The van der Waals surface area contributed by atoms with Crippen molar-refractivity contribution < 1.29 is 14.3 Å². The summed E-state index contributed by atoms with van der Waals surface area (Å²) in [4.78, 5) is 13.6. The van der Waals surface area contributed by atoms with Gasteiger partial charge in [0.25, 0.3) is 0 Å². The van der Waals surface area contributed by atoms with E-state index in [1.165, 1.54) is 6.20 Å². The maximum absolute atomic E-state index is 12.8. The largest absolute Gasteiger partial charge is 0.481 e. The van der Waals surface area contributed by atoms with E-state index >= 15 is 0 Å². The number of hydrogen-bond acceptors (Lipinski definition) is 2. The standard InChI is InChI=1S/C7H5FINO2/c8-7-4(3-6(11)12)5(9)1-2-10-7/h1-2H,3H2,(H,11,12). The van der Waals surface area contributed by atoms with Gasteiger partial charge in [0.15, 0.2) is 0 Å². The molecular weight excluding hydrogens is 276 g/mol. The molecule has 1 N–H and O–H groups in total. The first-order valence-corrected chi connectivity index (χ1v) is 4.20. The second-order valence-electron chi connectivity index (χ2n) is 2.13. The van der Waals surface area contributed by atoms with Crippen molar-refractivity contribution in [3.63, 3.8) is 0 Å². The predicted molar refractivity (Wildman–Crippen MR) is 48.3 cm³/mol. The minimum absolute atomic E-state index is 0.144. The Bertz CT molecular complexity index is 296. The Balaban J connectivity index is 3.04. The molecule has 0 fully saturated rings. The maximum Gasteiger partial charge on any atom is 0.308 e. The number of carboxylic acid groups (broad SMARTS) is 1. The van der Waals surface area contributed by atoms with Crippen LogP contribution in [0.5, 0.6) is 0 Å². The van der Waals surface area contributed by atoms with Crippen LogP contribution in [0.2, 0.25) is 0 Å². The molecule has 1 aromatic heterocycles. The molecule has 0 unspecified atom stereocenters. The van der Waals surface area contributed by atoms with Gasteiger partial charge in [-0.2, -0.15) is 4.39 Å². The molecule has 0 aliphatic heterocycles. The summed E-state index contributed by atoms with van der Waals surface area (Å²) in [6.45, 7) is 0. The third-order valence-corrected chi connectivity index (χ3v) is 2.28. The number of halogens is 2. The Morgan fingerprint density at radius 1 is 1.75 bits per heavy atom. The third kappa shape index (κ3) is 2.13. The van der Waals surface area contributed by atoms with Crippen LogP contribution in [0.1, 0.15) is 5.56 Å². The van der Waals surface area contributed by atoms with E-state index in [2.05, 4.69) is 4.98 Å². The first-order chi connectivity index (χ1) is 5.61. The molecule has 12 heavy (non-hydrogen) atoms. The van der Waals surface area contributed by atoms with E-state index in [1.807, 2.05) is 22.6 Å². The second-order valence-corrected chi connectivity index (χ2v) is 3.29. The highest BCUT2D eigenvalue weighted by Gasteiger charge is 2.10. The lowest BCUT2D eigenvalue weighted by molar-refractivity contribution is -0.136. The molecule has 0 atom stereocenters. The van der Waals surface area contributed by atoms with Gasteiger partial charge in [0.05, 0.1) is 6.42 Å². The van der Waals surface area contributed by atoms with Crippen molar-refractivity contribution in [2.75, 3.05) is 0 Å². The Hall–Kier alpha value is -0.720. The fraction of sp³-hybridized carbons (Fsp3) is 0.143. The zero-order valence-corrected chi connectivity index (χ0v) is 8.08. The SMILES string of the molecule is O=C(O)Cc1c(I)ccnc1F. The quantitative estimate of drug-likeness (QED) is 0.659. The van der Waals surface area contributed by atoms with Crippen LogP contribution >= 0.6 is 22.6 Å². The van der Waals surface area contributed by atoms with Crippen LogP contribution in [0.15, 0.2) is 12.3 Å². The lowest BCUT2D eigenvalue weighted by atomic mass is 10.2. The van der Waals surface area contributed by atoms with E-state index in [0.29, 0.717) is 3.57 Å². The minimum Gasteiger partial charge on any atom is -0.481 e. The summed E-state index contributed by atoms with van der Waals surface area (Å²) in [5, 5.41) is 8.42. The number of rotatable bonds is 2. The molecule has 0 radical (unpaired) electrons. The second kappa shape index (κ2) is 3.79. The zero-order chi connectivity index (χ0) is 9.14. The summed E-state index contributed by atoms with van der Waals surface area (Å²) >= 11 is 1.88. The van der Waals surface area contributed by atoms with E-state index in [-0.39, 0.29) is 12.0 Å². The van der Waals surface area contributed by atoms with E-state index in [0.717, 1.165) is 0 Å². The van der Waals surface area contributed by atoms with Gasteiger partial charge in [-0.15, -0.1) is 0 Å². The number of nitrogens with zero attached hydrogens (tertiary/aromatic N) is 1. The molecule has 3 nitrogen and oxygen atoms in total. The summed E-state index contributed by atoms with van der Waals surface area (Å²) in [6.07, 6.45) is 0.987. The van der Waals surface area contributed by atoms with Crippen molar-refractivity contribution in [2.24, 2.45) is 0 Å². The van der Waals surface area contributed by atoms with Crippen molar-refractivity contribution in [3.05, 3.63) is 27.3 Å². The van der Waals surface area contributed by atoms with Gasteiger partial charge >= 0.3 is 5.97 Å². The van der Waals surface area contributed by atoms with Gasteiger partial charge in [-0.05, 0) is 28.7 Å². The van der Waals surface area contributed by atoms with E-state index in [1.54, 1.807) is 6.07 Å². The molecule has 0 aliphatic rings. The maximum atomic E-state index is 12.8. The average Bonchev–Trinajstić information content (AvgIpc) is 1.97. The van der Waals surface area contributed by atoms with Gasteiger partial charge in [-0.3, -0.25) is 4.79 Å². The average molecular weight is 281 g/mol. The Labute approximate surface area is 81.8 Å². The monoisotopic (exact) mass is 281 g/mol. The molecule has 0 saturated carbocycles. The van der Waals surface area contributed by atoms with Gasteiger partial charge in [-0.1, -0.05) is 0 Å². The van der Waals surface area contributed by atoms with Crippen molar-refractivity contribution in [1.82, 2.24) is 4.98 Å². The lowest BCUT2D eigenvalue weighted by Crippen LogP contribution is -2.05. The van der Waals surface area contributed by atoms with Crippen LogP contribution in [0, 0.1) is 9.52 Å². The molecule has 64 valence electrons. The van der Waals surface area contributed by atoms with Crippen LogP contribution in [0.4, 0.5) is 4.39 Å². The van der Waals surface area contributed by atoms with Crippen LogP contribution < -0.4 is 0 Å². The normalized spacial score (nSPS) is 9.83. The molecule has 5 heteroatoms. The predicted octanol–water partition coefficient (Wildman–Crippen LogP) is 1.45. The van der Waals surface area contributed by atoms with E-state index < -0.39 is 11.9 Å². The number of pyridine rings is 1. The third-order valence-electron chi connectivity index (χ3n) is 1.27. The fourth-order valence-electron chi connectivity index (χ4n) is 0.754. The van der Waals surface area contributed by atoms with Gasteiger partial charge in [0.1, 0.15) is 0 Å². The number of aliphatic carboxylic acids is 1. The molecule has 1 rings (SSSR count). The number of aromatic nitrogens is 1. The topological polar surface area (TPSA) is 50.2 Å². The molecule has 0 spiro atoms. The molecule has 0 aromatic carbocycles. The fourth-order valence-corrected chi connectivity index (χ4v) is 1.33. The van der Waals surface area contributed by atoms with Crippen LogP contribution in [-0.4, -0.2) is 16.1 Å². The molecule has 1 heterocycles. The first kappa shape index (κ1) is 9.37. The summed E-state index contributed by atoms with van der Waals surface area (Å²) in [6, 6.07) is 1.57. The van der Waals surface area contributed by atoms with Crippen molar-refractivity contribution in [2.45, 2.75) is 6.42 Å². The summed E-state index contributed by atoms with van der Waals surface area (Å²) in [7, 11) is 0. The van der Waals surface area contributed by atoms with Crippen molar-refractivity contribution in [1.29, 1.82) is 0 Å². The van der Waals surface area contributed by atoms with Crippen molar-refractivity contribution >= 4 is 28.6 Å². The summed E-state index contributed by atoms with van der Waals surface area (Å²) in [5.74, 6) is -1.76. The van der Waals surface area contributed by atoms with Gasteiger partial charge < -0.3 is 5.11 Å². The summed E-state index contributed by atoms with van der Waals surface area (Å²) in [5.41, 5.74) is 0.144. The molecule has 0 bridgehead atoms. The lowest BCUT2D eigenvalue weighted by Gasteiger charge is -2.00. The minimum atomic E-state index is -1.06. The Morgan fingerprint density at radius 3 is 2.92 bits per heavy atom. The molecule has 0 amide bonds. The number of carbonyl (C=O) groups is 1. The number of carboxylic acids is 1. The van der Waals surface area contributed by atoms with Gasteiger partial charge in [0.2, 0.25) is 5.95 Å². The van der Waals surface area contributed by atoms with Gasteiger partial charge in [-0.25, -0.2) is 4.98 Å². The number of hydrogen-bond donors (Lipinski definition) is 1. The van der Waals surface area contributed by atoms with Crippen LogP contribution in [0.3, 0.4) is 0 Å². The molecule has 0 saturated heterocycles. The summed E-state index contributed by atoms with van der Waals surface area (Å²) < 4.78 is 13.4. The molecule has 0 aliphatic carbocycles. The zero-order valence-electron chi connectivity index (χ0n) is 5.92. The highest BCUT2D eigenvalue weighted by atomic mass is 127.